The fourth-order valence-corrected chi connectivity index (χ4v) is 3.75. The molecule has 1 saturated heterocycles. The van der Waals surface area contributed by atoms with Crippen molar-refractivity contribution in [2.24, 2.45) is 5.92 Å². The standard InChI is InChI=1S/C21H23FN4O2/c1-28-17-8-6-15(7-9-17)19-18(22)20(24-14-23-19)25-10-12-26(13-11-25)21(27)16-4-2-3-5-16/h2-3,6-9,14,16H,4-5,10-13H2,1H3. The Hall–Kier alpha value is -2.96. The maximum absolute atomic E-state index is 15.1. The molecule has 2 aromatic rings. The monoisotopic (exact) mass is 382 g/mol. The van der Waals surface area contributed by atoms with Gasteiger partial charge in [0.2, 0.25) is 5.91 Å². The maximum Gasteiger partial charge on any atom is 0.226 e. The zero-order chi connectivity index (χ0) is 19.5. The minimum absolute atomic E-state index is 0.0732. The molecule has 0 spiro atoms. The van der Waals surface area contributed by atoms with Crippen molar-refractivity contribution in [3.8, 4) is 17.0 Å². The van der Waals surface area contributed by atoms with Crippen molar-refractivity contribution in [3.05, 3.63) is 48.6 Å². The average molecular weight is 382 g/mol. The molecule has 2 aliphatic rings. The topological polar surface area (TPSA) is 58.6 Å². The molecule has 0 N–H and O–H groups in total. The fraction of sp³-hybridized carbons (Fsp3) is 0.381. The number of carbonyl (C=O) groups is 1. The highest BCUT2D eigenvalue weighted by Crippen LogP contribution is 2.28. The molecule has 0 saturated carbocycles. The van der Waals surface area contributed by atoms with E-state index in [4.69, 9.17) is 4.74 Å². The molecule has 0 unspecified atom stereocenters. The van der Waals surface area contributed by atoms with E-state index >= 15 is 4.39 Å². The summed E-state index contributed by atoms with van der Waals surface area (Å²) in [5.74, 6) is 0.829. The van der Waals surface area contributed by atoms with E-state index in [9.17, 15) is 4.79 Å². The predicted molar refractivity (Wildman–Crippen MR) is 105 cm³/mol. The number of methoxy groups -OCH3 is 1. The second-order valence-electron chi connectivity index (χ2n) is 7.04. The lowest BCUT2D eigenvalue weighted by Crippen LogP contribution is -2.50. The van der Waals surface area contributed by atoms with Gasteiger partial charge >= 0.3 is 0 Å². The van der Waals surface area contributed by atoms with Gasteiger partial charge in [0.1, 0.15) is 17.8 Å². The van der Waals surface area contributed by atoms with Gasteiger partial charge in [-0.05, 0) is 37.1 Å². The maximum atomic E-state index is 15.1. The van der Waals surface area contributed by atoms with Crippen LogP contribution >= 0.6 is 0 Å². The predicted octanol–water partition coefficient (Wildman–Crippen LogP) is 2.91. The lowest BCUT2D eigenvalue weighted by Gasteiger charge is -2.36. The molecule has 0 radical (unpaired) electrons. The summed E-state index contributed by atoms with van der Waals surface area (Å²) in [5, 5.41) is 0. The number of piperazine rings is 1. The summed E-state index contributed by atoms with van der Waals surface area (Å²) in [5.41, 5.74) is 0.938. The summed E-state index contributed by atoms with van der Waals surface area (Å²) in [6.07, 6.45) is 7.17. The molecule has 28 heavy (non-hydrogen) atoms. The van der Waals surface area contributed by atoms with Gasteiger partial charge in [-0.25, -0.2) is 14.4 Å². The summed E-state index contributed by atoms with van der Waals surface area (Å²) < 4.78 is 20.3. The van der Waals surface area contributed by atoms with Gasteiger partial charge in [0, 0.05) is 37.7 Å². The van der Waals surface area contributed by atoms with Crippen molar-refractivity contribution in [1.82, 2.24) is 14.9 Å². The summed E-state index contributed by atoms with van der Waals surface area (Å²) in [7, 11) is 1.59. The second kappa shape index (κ2) is 7.96. The lowest BCUT2D eigenvalue weighted by atomic mass is 10.1. The Morgan fingerprint density at radius 2 is 1.75 bits per heavy atom. The first-order chi connectivity index (χ1) is 13.7. The summed E-state index contributed by atoms with van der Waals surface area (Å²) in [6, 6.07) is 7.11. The van der Waals surface area contributed by atoms with Crippen LogP contribution in [0.1, 0.15) is 12.8 Å². The van der Waals surface area contributed by atoms with E-state index in [0.29, 0.717) is 37.5 Å². The van der Waals surface area contributed by atoms with Gasteiger partial charge < -0.3 is 14.5 Å². The number of aromatic nitrogens is 2. The number of amides is 1. The third kappa shape index (κ3) is 3.56. The Bertz CT molecular complexity index is 868. The first-order valence-corrected chi connectivity index (χ1v) is 9.51. The molecule has 1 aliphatic carbocycles. The Morgan fingerprint density at radius 1 is 1.07 bits per heavy atom. The van der Waals surface area contributed by atoms with Gasteiger partial charge in [-0.3, -0.25) is 4.79 Å². The largest absolute Gasteiger partial charge is 0.497 e. The second-order valence-corrected chi connectivity index (χ2v) is 7.04. The zero-order valence-electron chi connectivity index (χ0n) is 15.8. The van der Waals surface area contributed by atoms with Gasteiger partial charge in [0.15, 0.2) is 11.6 Å². The number of hydrogen-bond donors (Lipinski definition) is 0. The molecule has 7 heteroatoms. The van der Waals surface area contributed by atoms with Crippen LogP contribution in [-0.2, 0) is 4.79 Å². The van der Waals surface area contributed by atoms with Crippen LogP contribution in [0.2, 0.25) is 0 Å². The fourth-order valence-electron chi connectivity index (χ4n) is 3.75. The van der Waals surface area contributed by atoms with E-state index in [2.05, 4.69) is 22.1 Å². The number of rotatable bonds is 4. The highest BCUT2D eigenvalue weighted by Gasteiger charge is 2.29. The number of halogens is 1. The first-order valence-electron chi connectivity index (χ1n) is 9.51. The SMILES string of the molecule is COc1ccc(-c2ncnc(N3CCN(C(=O)C4CC=CC4)CC3)c2F)cc1. The van der Waals surface area contributed by atoms with Gasteiger partial charge in [0.05, 0.1) is 7.11 Å². The number of benzene rings is 1. The van der Waals surface area contributed by atoms with E-state index < -0.39 is 5.82 Å². The molecule has 0 atom stereocenters. The van der Waals surface area contributed by atoms with Crippen LogP contribution < -0.4 is 9.64 Å². The smallest absolute Gasteiger partial charge is 0.226 e. The Balaban J connectivity index is 1.47. The average Bonchev–Trinajstić information content (AvgIpc) is 3.29. The van der Waals surface area contributed by atoms with E-state index in [1.165, 1.54) is 6.33 Å². The third-order valence-corrected chi connectivity index (χ3v) is 5.38. The number of ether oxygens (including phenoxy) is 1. The van der Waals surface area contributed by atoms with E-state index in [0.717, 1.165) is 12.8 Å². The van der Waals surface area contributed by atoms with Crippen molar-refractivity contribution in [1.29, 1.82) is 0 Å². The van der Waals surface area contributed by atoms with E-state index in [1.54, 1.807) is 31.4 Å². The van der Waals surface area contributed by atoms with Crippen molar-refractivity contribution in [2.45, 2.75) is 12.8 Å². The highest BCUT2D eigenvalue weighted by molar-refractivity contribution is 5.80. The van der Waals surface area contributed by atoms with Gasteiger partial charge in [-0.2, -0.15) is 0 Å². The van der Waals surface area contributed by atoms with Crippen molar-refractivity contribution in [3.63, 3.8) is 0 Å². The van der Waals surface area contributed by atoms with Crippen LogP contribution in [0.5, 0.6) is 5.75 Å². The van der Waals surface area contributed by atoms with Crippen LogP contribution in [0.3, 0.4) is 0 Å². The van der Waals surface area contributed by atoms with Crippen LogP contribution in [0, 0.1) is 11.7 Å². The molecule has 1 aromatic carbocycles. The molecule has 1 fully saturated rings. The van der Waals surface area contributed by atoms with Crippen LogP contribution in [0.4, 0.5) is 10.2 Å². The summed E-state index contributed by atoms with van der Waals surface area (Å²) in [6.45, 7) is 2.27. The number of anilines is 1. The van der Waals surface area contributed by atoms with Crippen molar-refractivity contribution in [2.75, 3.05) is 38.2 Å². The lowest BCUT2D eigenvalue weighted by molar-refractivity contribution is -0.135. The van der Waals surface area contributed by atoms with Crippen LogP contribution in [-0.4, -0.2) is 54.1 Å². The molecule has 1 amide bonds. The van der Waals surface area contributed by atoms with Gasteiger partial charge in [-0.1, -0.05) is 12.2 Å². The molecule has 2 heterocycles. The Kier molecular flexibility index (Phi) is 5.23. The molecule has 6 nitrogen and oxygen atoms in total. The number of nitrogens with zero attached hydrogens (tertiary/aromatic N) is 4. The number of carbonyl (C=O) groups excluding carboxylic acids is 1. The van der Waals surface area contributed by atoms with Crippen molar-refractivity contribution >= 4 is 11.7 Å². The summed E-state index contributed by atoms with van der Waals surface area (Å²) >= 11 is 0. The van der Waals surface area contributed by atoms with Crippen LogP contribution in [0.25, 0.3) is 11.3 Å². The van der Waals surface area contributed by atoms with E-state index in [-0.39, 0.29) is 23.3 Å². The third-order valence-electron chi connectivity index (χ3n) is 5.38. The Labute approximate surface area is 163 Å². The molecular weight excluding hydrogens is 359 g/mol. The zero-order valence-corrected chi connectivity index (χ0v) is 15.8. The first kappa shape index (κ1) is 18.4. The van der Waals surface area contributed by atoms with Gasteiger partial charge in [-0.15, -0.1) is 0 Å². The molecule has 1 aliphatic heterocycles. The minimum Gasteiger partial charge on any atom is -0.497 e. The minimum atomic E-state index is -0.438. The number of allylic oxidation sites excluding steroid dienone is 2. The molecule has 146 valence electrons. The highest BCUT2D eigenvalue weighted by atomic mass is 19.1. The van der Waals surface area contributed by atoms with Gasteiger partial charge in [0.25, 0.3) is 0 Å². The quantitative estimate of drug-likeness (QED) is 0.761. The molecule has 0 bridgehead atoms. The molecular formula is C21H23FN4O2. The summed E-state index contributed by atoms with van der Waals surface area (Å²) in [4.78, 5) is 24.6. The molecule has 4 rings (SSSR count). The molecule has 1 aromatic heterocycles. The van der Waals surface area contributed by atoms with E-state index in [1.807, 2.05) is 9.80 Å². The van der Waals surface area contributed by atoms with Crippen molar-refractivity contribution < 1.29 is 13.9 Å². The van der Waals surface area contributed by atoms with Crippen LogP contribution in [0.15, 0.2) is 42.7 Å². The number of hydrogen-bond acceptors (Lipinski definition) is 5. The normalized spacial score (nSPS) is 17.2. The Morgan fingerprint density at radius 3 is 2.39 bits per heavy atom.